The zero-order valence-corrected chi connectivity index (χ0v) is 14.1. The number of nitrogens with one attached hydrogen (secondary N) is 2. The van der Waals surface area contributed by atoms with Gasteiger partial charge in [-0.15, -0.1) is 11.3 Å². The average Bonchev–Trinajstić information content (AvgIpc) is 3.01. The third-order valence-electron chi connectivity index (χ3n) is 4.67. The van der Waals surface area contributed by atoms with Crippen molar-refractivity contribution >= 4 is 17.2 Å². The third-order valence-corrected chi connectivity index (χ3v) is 5.64. The molecule has 0 saturated carbocycles. The molecule has 0 aliphatic carbocycles. The highest BCUT2D eigenvalue weighted by Gasteiger charge is 2.37. The second-order valence-electron chi connectivity index (χ2n) is 6.09. The highest BCUT2D eigenvalue weighted by molar-refractivity contribution is 7.10. The molecule has 4 nitrogen and oxygen atoms in total. The molecular formula is C16H27N3OS. The Labute approximate surface area is 131 Å². The van der Waals surface area contributed by atoms with Crippen LogP contribution in [0.15, 0.2) is 17.5 Å². The highest BCUT2D eigenvalue weighted by Crippen LogP contribution is 2.33. The zero-order valence-electron chi connectivity index (χ0n) is 13.3. The molecule has 2 rings (SSSR count). The molecule has 5 heteroatoms. The summed E-state index contributed by atoms with van der Waals surface area (Å²) in [6.07, 6.45) is 2.81. The van der Waals surface area contributed by atoms with Crippen molar-refractivity contribution in [2.45, 2.75) is 32.2 Å². The van der Waals surface area contributed by atoms with Gasteiger partial charge in [0.1, 0.15) is 0 Å². The molecule has 1 amide bonds. The summed E-state index contributed by atoms with van der Waals surface area (Å²) in [6.45, 7) is 4.71. The highest BCUT2D eigenvalue weighted by atomic mass is 32.1. The van der Waals surface area contributed by atoms with Gasteiger partial charge in [-0.1, -0.05) is 13.0 Å². The minimum absolute atomic E-state index is 0.169. The Kier molecular flexibility index (Phi) is 5.79. The first kappa shape index (κ1) is 16.5. The van der Waals surface area contributed by atoms with Gasteiger partial charge in [0.15, 0.2) is 0 Å². The van der Waals surface area contributed by atoms with Crippen LogP contribution in [0.2, 0.25) is 0 Å². The number of hydrogen-bond acceptors (Lipinski definition) is 4. The van der Waals surface area contributed by atoms with Crippen LogP contribution >= 0.6 is 11.3 Å². The van der Waals surface area contributed by atoms with E-state index in [2.05, 4.69) is 54.1 Å². The molecule has 1 aliphatic heterocycles. The van der Waals surface area contributed by atoms with Crippen molar-refractivity contribution in [2.24, 2.45) is 5.41 Å². The Morgan fingerprint density at radius 3 is 2.71 bits per heavy atom. The summed E-state index contributed by atoms with van der Waals surface area (Å²) in [5, 5.41) is 8.65. The Hall–Kier alpha value is -0.910. The third kappa shape index (κ3) is 3.84. The summed E-state index contributed by atoms with van der Waals surface area (Å²) in [5.74, 6) is 0.231. The van der Waals surface area contributed by atoms with Gasteiger partial charge in [-0.2, -0.15) is 0 Å². The van der Waals surface area contributed by atoms with E-state index in [4.69, 9.17) is 0 Å². The first-order valence-corrected chi connectivity index (χ1v) is 8.66. The van der Waals surface area contributed by atoms with Crippen molar-refractivity contribution in [1.29, 1.82) is 0 Å². The molecule has 1 fully saturated rings. The first-order valence-electron chi connectivity index (χ1n) is 7.78. The quantitative estimate of drug-likeness (QED) is 0.847. The van der Waals surface area contributed by atoms with Crippen molar-refractivity contribution in [2.75, 3.05) is 33.7 Å². The molecule has 0 bridgehead atoms. The lowest BCUT2D eigenvalue weighted by molar-refractivity contribution is -0.133. The fourth-order valence-electron chi connectivity index (χ4n) is 3.04. The normalized spacial score (nSPS) is 19.4. The van der Waals surface area contributed by atoms with E-state index in [9.17, 15) is 4.79 Å². The standard InChI is InChI=1S/C16H27N3OS/c1-4-16(7-9-17-10-8-16)15(20)18-12-13(19(2)3)14-6-5-11-21-14/h5-6,11,13,17H,4,7-10,12H2,1-3H3,(H,18,20). The van der Waals surface area contributed by atoms with Crippen LogP contribution in [-0.4, -0.2) is 44.5 Å². The monoisotopic (exact) mass is 309 g/mol. The van der Waals surface area contributed by atoms with E-state index in [1.807, 2.05) is 0 Å². The molecule has 118 valence electrons. The van der Waals surface area contributed by atoms with Crippen LogP contribution in [0.5, 0.6) is 0 Å². The van der Waals surface area contributed by atoms with Crippen LogP contribution in [0.25, 0.3) is 0 Å². The molecule has 1 aromatic rings. The van der Waals surface area contributed by atoms with Crippen LogP contribution in [0.4, 0.5) is 0 Å². The lowest BCUT2D eigenvalue weighted by atomic mass is 9.76. The number of thiophene rings is 1. The van der Waals surface area contributed by atoms with Crippen LogP contribution in [-0.2, 0) is 4.79 Å². The fraction of sp³-hybridized carbons (Fsp3) is 0.688. The number of amides is 1. The van der Waals surface area contributed by atoms with Crippen molar-refractivity contribution in [3.8, 4) is 0 Å². The number of nitrogens with zero attached hydrogens (tertiary/aromatic N) is 1. The summed E-state index contributed by atoms with van der Waals surface area (Å²) >= 11 is 1.75. The predicted octanol–water partition coefficient (Wildman–Crippen LogP) is 2.25. The summed E-state index contributed by atoms with van der Waals surface area (Å²) in [5.41, 5.74) is -0.169. The lowest BCUT2D eigenvalue weighted by Crippen LogP contribution is -2.48. The maximum atomic E-state index is 12.7. The van der Waals surface area contributed by atoms with Gasteiger partial charge >= 0.3 is 0 Å². The van der Waals surface area contributed by atoms with Crippen LogP contribution in [0, 0.1) is 5.41 Å². The minimum Gasteiger partial charge on any atom is -0.354 e. The van der Waals surface area contributed by atoms with Crippen LogP contribution in [0.3, 0.4) is 0 Å². The topological polar surface area (TPSA) is 44.4 Å². The van der Waals surface area contributed by atoms with Gasteiger partial charge in [-0.05, 0) is 57.9 Å². The lowest BCUT2D eigenvalue weighted by Gasteiger charge is -2.36. The number of piperidine rings is 1. The van der Waals surface area contributed by atoms with Gasteiger partial charge in [0.05, 0.1) is 11.5 Å². The molecule has 2 N–H and O–H groups in total. The molecule has 1 saturated heterocycles. The molecule has 2 heterocycles. The van der Waals surface area contributed by atoms with Gasteiger partial charge in [0.25, 0.3) is 0 Å². The van der Waals surface area contributed by atoms with Gasteiger partial charge in [-0.25, -0.2) is 0 Å². The molecule has 0 spiro atoms. The van der Waals surface area contributed by atoms with E-state index in [0.29, 0.717) is 6.54 Å². The molecule has 0 radical (unpaired) electrons. The summed E-state index contributed by atoms with van der Waals surface area (Å²) < 4.78 is 0. The number of likely N-dealkylation sites (N-methyl/N-ethyl adjacent to an activating group) is 1. The Bertz CT molecular complexity index is 438. The molecule has 1 unspecified atom stereocenters. The molecule has 1 atom stereocenters. The van der Waals surface area contributed by atoms with Crippen molar-refractivity contribution < 1.29 is 4.79 Å². The molecule has 1 aromatic heterocycles. The van der Waals surface area contributed by atoms with Crippen LogP contribution < -0.4 is 10.6 Å². The van der Waals surface area contributed by atoms with Crippen molar-refractivity contribution in [3.63, 3.8) is 0 Å². The van der Waals surface area contributed by atoms with Crippen molar-refractivity contribution in [3.05, 3.63) is 22.4 Å². The first-order chi connectivity index (χ1) is 10.1. The Morgan fingerprint density at radius 1 is 1.48 bits per heavy atom. The van der Waals surface area contributed by atoms with E-state index >= 15 is 0 Å². The molecular weight excluding hydrogens is 282 g/mol. The van der Waals surface area contributed by atoms with E-state index in [0.717, 1.165) is 32.4 Å². The molecule has 1 aliphatic rings. The second kappa shape index (κ2) is 7.38. The number of carbonyl (C=O) groups is 1. The van der Waals surface area contributed by atoms with E-state index < -0.39 is 0 Å². The fourth-order valence-corrected chi connectivity index (χ4v) is 3.96. The van der Waals surface area contributed by atoms with Crippen LogP contribution in [0.1, 0.15) is 37.1 Å². The largest absolute Gasteiger partial charge is 0.354 e. The SMILES string of the molecule is CCC1(C(=O)NCC(c2cccs2)N(C)C)CCNCC1. The Balaban J connectivity index is 1.98. The van der Waals surface area contributed by atoms with Crippen molar-refractivity contribution in [1.82, 2.24) is 15.5 Å². The smallest absolute Gasteiger partial charge is 0.226 e. The Morgan fingerprint density at radius 2 is 2.19 bits per heavy atom. The molecule has 0 aromatic carbocycles. The molecule has 21 heavy (non-hydrogen) atoms. The maximum absolute atomic E-state index is 12.7. The van der Waals surface area contributed by atoms with E-state index in [-0.39, 0.29) is 17.4 Å². The summed E-state index contributed by atoms with van der Waals surface area (Å²) in [6, 6.07) is 4.46. The number of rotatable bonds is 6. The number of hydrogen-bond donors (Lipinski definition) is 2. The van der Waals surface area contributed by atoms with Gasteiger partial charge in [-0.3, -0.25) is 4.79 Å². The van der Waals surface area contributed by atoms with E-state index in [1.54, 1.807) is 11.3 Å². The number of carbonyl (C=O) groups excluding carboxylic acids is 1. The maximum Gasteiger partial charge on any atom is 0.226 e. The van der Waals surface area contributed by atoms with Gasteiger partial charge in [0, 0.05) is 11.4 Å². The van der Waals surface area contributed by atoms with E-state index in [1.165, 1.54) is 4.88 Å². The van der Waals surface area contributed by atoms with Gasteiger partial charge in [0.2, 0.25) is 5.91 Å². The van der Waals surface area contributed by atoms with Gasteiger partial charge < -0.3 is 15.5 Å². The summed E-state index contributed by atoms with van der Waals surface area (Å²) in [7, 11) is 4.13. The summed E-state index contributed by atoms with van der Waals surface area (Å²) in [4.78, 5) is 16.2. The zero-order chi connectivity index (χ0) is 15.3. The average molecular weight is 309 g/mol. The minimum atomic E-state index is -0.169. The predicted molar refractivity (Wildman–Crippen MR) is 88.6 cm³/mol. The second-order valence-corrected chi connectivity index (χ2v) is 7.07.